The normalized spacial score (nSPS) is 10.9. The van der Waals surface area contributed by atoms with Crippen LogP contribution >= 0.6 is 0 Å². The van der Waals surface area contributed by atoms with Crippen LogP contribution in [0.15, 0.2) is 12.3 Å². The molecule has 2 nitrogen and oxygen atoms in total. The molecule has 0 aromatic carbocycles. The van der Waals surface area contributed by atoms with Gasteiger partial charge in [0.15, 0.2) is 0 Å². The molecule has 0 aliphatic carbocycles. The minimum absolute atomic E-state index is 0.275. The van der Waals surface area contributed by atoms with Crippen molar-refractivity contribution in [3.05, 3.63) is 12.3 Å². The molecular weight excluding hydrogens is 162 g/mol. The molecule has 2 heteroatoms. The highest BCUT2D eigenvalue weighted by molar-refractivity contribution is 4.78. The van der Waals surface area contributed by atoms with Gasteiger partial charge in [0.25, 0.3) is 0 Å². The maximum absolute atomic E-state index is 8.50. The number of aliphatic hydroxyl groups is 1. The van der Waals surface area contributed by atoms with E-state index in [1.807, 2.05) is 6.20 Å². The fraction of sp³-hybridized carbons (Fsp3) is 0.818. The highest BCUT2D eigenvalue weighted by Crippen LogP contribution is 2.02. The predicted molar refractivity (Wildman–Crippen MR) is 57.6 cm³/mol. The third-order valence-corrected chi connectivity index (χ3v) is 1.94. The Bertz CT molecular complexity index is 113. The molecule has 0 aromatic rings. The van der Waals surface area contributed by atoms with Crippen molar-refractivity contribution in [3.63, 3.8) is 0 Å². The van der Waals surface area contributed by atoms with Crippen molar-refractivity contribution in [2.24, 2.45) is 0 Å². The third-order valence-electron chi connectivity index (χ3n) is 1.94. The Labute approximate surface area is 82.0 Å². The summed E-state index contributed by atoms with van der Waals surface area (Å²) in [5, 5.41) is 11.6. The second-order valence-electron chi connectivity index (χ2n) is 3.28. The van der Waals surface area contributed by atoms with E-state index in [9.17, 15) is 0 Å². The molecule has 0 fully saturated rings. The second kappa shape index (κ2) is 11.5. The topological polar surface area (TPSA) is 32.3 Å². The zero-order valence-electron chi connectivity index (χ0n) is 8.76. The average molecular weight is 185 g/mol. The molecule has 0 amide bonds. The van der Waals surface area contributed by atoms with Gasteiger partial charge in [0.2, 0.25) is 0 Å². The first-order valence-electron chi connectivity index (χ1n) is 5.41. The van der Waals surface area contributed by atoms with E-state index in [0.717, 1.165) is 13.0 Å². The maximum atomic E-state index is 8.50. The van der Waals surface area contributed by atoms with E-state index in [1.54, 1.807) is 0 Å². The van der Waals surface area contributed by atoms with Gasteiger partial charge in [-0.05, 0) is 25.5 Å². The highest BCUT2D eigenvalue weighted by atomic mass is 16.3. The molecule has 0 heterocycles. The summed E-state index contributed by atoms with van der Waals surface area (Å²) in [6.45, 7) is 3.38. The lowest BCUT2D eigenvalue weighted by atomic mass is 10.1. The van der Waals surface area contributed by atoms with Crippen molar-refractivity contribution in [1.82, 2.24) is 5.32 Å². The van der Waals surface area contributed by atoms with Gasteiger partial charge in [0.1, 0.15) is 0 Å². The minimum atomic E-state index is 0.275. The van der Waals surface area contributed by atoms with Gasteiger partial charge in [-0.15, -0.1) is 0 Å². The first kappa shape index (κ1) is 12.5. The summed E-state index contributed by atoms with van der Waals surface area (Å²) in [6.07, 6.45) is 11.5. The molecule has 0 saturated heterocycles. The average Bonchev–Trinajstić information content (AvgIpc) is 2.16. The fourth-order valence-electron chi connectivity index (χ4n) is 1.12. The zero-order valence-corrected chi connectivity index (χ0v) is 8.76. The monoisotopic (exact) mass is 185 g/mol. The van der Waals surface area contributed by atoms with Crippen molar-refractivity contribution in [3.8, 4) is 0 Å². The number of unbranched alkanes of at least 4 members (excludes halogenated alkanes) is 4. The van der Waals surface area contributed by atoms with E-state index in [4.69, 9.17) is 5.11 Å². The Balaban J connectivity index is 2.95. The molecule has 13 heavy (non-hydrogen) atoms. The van der Waals surface area contributed by atoms with Crippen LogP contribution in [0.4, 0.5) is 0 Å². The van der Waals surface area contributed by atoms with Crippen molar-refractivity contribution in [2.75, 3.05) is 13.2 Å². The molecule has 0 rings (SSSR count). The zero-order chi connectivity index (χ0) is 9.78. The van der Waals surface area contributed by atoms with Crippen LogP contribution in [0.1, 0.15) is 45.4 Å². The van der Waals surface area contributed by atoms with Crippen molar-refractivity contribution >= 4 is 0 Å². The molecule has 0 spiro atoms. The Kier molecular flexibility index (Phi) is 11.1. The third kappa shape index (κ3) is 11.5. The predicted octanol–water partition coefficient (Wildman–Crippen LogP) is 2.44. The maximum Gasteiger partial charge on any atom is 0.0447 e. The largest absolute Gasteiger partial charge is 0.396 e. The van der Waals surface area contributed by atoms with Crippen LogP contribution in [0.5, 0.6) is 0 Å². The standard InChI is InChI=1S/C11H23NO/c1-2-3-4-5-6-7-9-12-10-8-11-13/h7,9,12-13H,2-6,8,10-11H2,1H3. The van der Waals surface area contributed by atoms with Crippen LogP contribution in [0.3, 0.4) is 0 Å². The van der Waals surface area contributed by atoms with Gasteiger partial charge in [-0.1, -0.05) is 32.3 Å². The number of hydrogen-bond acceptors (Lipinski definition) is 2. The minimum Gasteiger partial charge on any atom is -0.396 e. The number of hydrogen-bond donors (Lipinski definition) is 2. The number of aliphatic hydroxyl groups excluding tert-OH is 1. The lowest BCUT2D eigenvalue weighted by Gasteiger charge is -1.97. The Hall–Kier alpha value is -0.500. The number of nitrogens with one attached hydrogen (secondary N) is 1. The first-order chi connectivity index (χ1) is 6.41. The number of rotatable bonds is 9. The molecule has 2 N–H and O–H groups in total. The molecule has 0 atom stereocenters. The van der Waals surface area contributed by atoms with Crippen LogP contribution in [0.2, 0.25) is 0 Å². The fourth-order valence-corrected chi connectivity index (χ4v) is 1.12. The molecule has 0 bridgehead atoms. The van der Waals surface area contributed by atoms with E-state index in [1.165, 1.54) is 32.1 Å². The number of allylic oxidation sites excluding steroid dienone is 1. The van der Waals surface area contributed by atoms with Crippen LogP contribution < -0.4 is 5.32 Å². The van der Waals surface area contributed by atoms with E-state index >= 15 is 0 Å². The Morgan fingerprint density at radius 1 is 1.15 bits per heavy atom. The summed E-state index contributed by atoms with van der Waals surface area (Å²) < 4.78 is 0. The van der Waals surface area contributed by atoms with Crippen molar-refractivity contribution < 1.29 is 5.11 Å². The summed E-state index contributed by atoms with van der Waals surface area (Å²) in [5.41, 5.74) is 0. The molecule has 0 radical (unpaired) electrons. The first-order valence-corrected chi connectivity index (χ1v) is 5.41. The molecule has 0 aliphatic heterocycles. The molecule has 0 aromatic heterocycles. The summed E-state index contributed by atoms with van der Waals surface area (Å²) in [6, 6.07) is 0. The van der Waals surface area contributed by atoms with E-state index in [0.29, 0.717) is 0 Å². The van der Waals surface area contributed by atoms with Gasteiger partial charge in [-0.25, -0.2) is 0 Å². The van der Waals surface area contributed by atoms with Crippen LogP contribution in [0.25, 0.3) is 0 Å². The second-order valence-corrected chi connectivity index (χ2v) is 3.28. The molecule has 0 saturated carbocycles. The van der Waals surface area contributed by atoms with E-state index < -0.39 is 0 Å². The molecule has 0 unspecified atom stereocenters. The summed E-state index contributed by atoms with van der Waals surface area (Å²) in [4.78, 5) is 0. The smallest absolute Gasteiger partial charge is 0.0447 e. The lowest BCUT2D eigenvalue weighted by Crippen LogP contribution is -2.07. The van der Waals surface area contributed by atoms with Crippen LogP contribution in [-0.2, 0) is 0 Å². The summed E-state index contributed by atoms with van der Waals surface area (Å²) >= 11 is 0. The SMILES string of the molecule is CCCCCCC=CNCCCO. The molecular formula is C11H23NO. The molecule has 0 aliphatic rings. The van der Waals surface area contributed by atoms with Crippen LogP contribution in [0, 0.1) is 0 Å². The van der Waals surface area contributed by atoms with Gasteiger partial charge >= 0.3 is 0 Å². The Morgan fingerprint density at radius 2 is 2.00 bits per heavy atom. The Morgan fingerprint density at radius 3 is 2.69 bits per heavy atom. The molecule has 78 valence electrons. The van der Waals surface area contributed by atoms with Gasteiger partial charge in [-0.2, -0.15) is 0 Å². The van der Waals surface area contributed by atoms with Gasteiger partial charge in [0.05, 0.1) is 0 Å². The highest BCUT2D eigenvalue weighted by Gasteiger charge is 1.84. The van der Waals surface area contributed by atoms with Crippen molar-refractivity contribution in [1.29, 1.82) is 0 Å². The van der Waals surface area contributed by atoms with E-state index in [-0.39, 0.29) is 6.61 Å². The lowest BCUT2D eigenvalue weighted by molar-refractivity contribution is 0.288. The van der Waals surface area contributed by atoms with Crippen molar-refractivity contribution in [2.45, 2.75) is 45.4 Å². The van der Waals surface area contributed by atoms with Gasteiger partial charge < -0.3 is 10.4 Å². The van der Waals surface area contributed by atoms with Gasteiger partial charge in [-0.3, -0.25) is 0 Å². The summed E-state index contributed by atoms with van der Waals surface area (Å²) in [7, 11) is 0. The van der Waals surface area contributed by atoms with E-state index in [2.05, 4.69) is 18.3 Å². The van der Waals surface area contributed by atoms with Crippen LogP contribution in [-0.4, -0.2) is 18.3 Å². The van der Waals surface area contributed by atoms with Gasteiger partial charge in [0, 0.05) is 13.2 Å². The quantitative estimate of drug-likeness (QED) is 0.541. The summed E-state index contributed by atoms with van der Waals surface area (Å²) in [5.74, 6) is 0.